The molecule has 0 amide bonds. The molecule has 0 atom stereocenters. The van der Waals surface area contributed by atoms with E-state index in [1.807, 2.05) is 6.07 Å². The first-order valence-electron chi connectivity index (χ1n) is 10.3. The lowest BCUT2D eigenvalue weighted by molar-refractivity contribution is 0.137. The second-order valence-corrected chi connectivity index (χ2v) is 9.06. The monoisotopic (exact) mass is 357 g/mol. The molecule has 2 heterocycles. The van der Waals surface area contributed by atoms with E-state index in [1.54, 1.807) is 0 Å². The summed E-state index contributed by atoms with van der Waals surface area (Å²) in [5.41, 5.74) is 4.36. The number of hydrogen-bond acceptors (Lipinski definition) is 3. The van der Waals surface area contributed by atoms with Crippen LogP contribution in [0.2, 0.25) is 0 Å². The van der Waals surface area contributed by atoms with E-state index in [0.717, 1.165) is 37.2 Å². The second kappa shape index (κ2) is 7.26. The summed E-state index contributed by atoms with van der Waals surface area (Å²) in [7, 11) is 0. The minimum Gasteiger partial charge on any atom is -0.507 e. The van der Waals surface area contributed by atoms with Crippen molar-refractivity contribution in [1.29, 1.82) is 0 Å². The molecule has 26 heavy (non-hydrogen) atoms. The van der Waals surface area contributed by atoms with Gasteiger partial charge in [-0.3, -0.25) is 0 Å². The minimum absolute atomic E-state index is 0.0349. The molecule has 0 radical (unpaired) electrons. The fourth-order valence-electron chi connectivity index (χ4n) is 4.44. The van der Waals surface area contributed by atoms with Crippen LogP contribution in [0.4, 0.5) is 0 Å². The average Bonchev–Trinajstić information content (AvgIpc) is 2.58. The highest BCUT2D eigenvalue weighted by Crippen LogP contribution is 2.48. The van der Waals surface area contributed by atoms with Gasteiger partial charge in [-0.15, -0.1) is 0 Å². The van der Waals surface area contributed by atoms with Gasteiger partial charge in [0.15, 0.2) is 0 Å². The normalized spacial score (nSPS) is 19.0. The summed E-state index contributed by atoms with van der Waals surface area (Å²) in [6, 6.07) is 4.15. The number of phenols is 1. The molecule has 1 aromatic rings. The fraction of sp³-hybridized carbons (Fsp3) is 0.652. The van der Waals surface area contributed by atoms with Crippen LogP contribution in [0.25, 0.3) is 5.57 Å². The maximum absolute atomic E-state index is 10.9. The van der Waals surface area contributed by atoms with E-state index in [4.69, 9.17) is 4.74 Å². The van der Waals surface area contributed by atoms with Crippen molar-refractivity contribution in [2.75, 3.05) is 13.1 Å². The smallest absolute Gasteiger partial charge is 0.132 e. The summed E-state index contributed by atoms with van der Waals surface area (Å²) in [5.74, 6) is 1.21. The SMILES string of the molecule is CCCCCCC(C)(C)c1cc(O)c2c(c1)OC(C)(C)C1=C2CNCC1. The Morgan fingerprint density at radius 2 is 1.96 bits per heavy atom. The van der Waals surface area contributed by atoms with Crippen molar-refractivity contribution in [3.8, 4) is 11.5 Å². The van der Waals surface area contributed by atoms with Crippen LogP contribution in [0.3, 0.4) is 0 Å². The highest BCUT2D eigenvalue weighted by Gasteiger charge is 2.38. The zero-order valence-corrected chi connectivity index (χ0v) is 17.2. The van der Waals surface area contributed by atoms with Crippen molar-refractivity contribution >= 4 is 5.57 Å². The molecule has 0 aliphatic carbocycles. The van der Waals surface area contributed by atoms with E-state index in [-0.39, 0.29) is 11.0 Å². The molecule has 0 aromatic heterocycles. The summed E-state index contributed by atoms with van der Waals surface area (Å²) in [6.45, 7) is 12.9. The molecule has 0 spiro atoms. The van der Waals surface area contributed by atoms with Crippen molar-refractivity contribution in [2.45, 2.75) is 84.2 Å². The minimum atomic E-state index is -0.305. The van der Waals surface area contributed by atoms with Gasteiger partial charge in [0.25, 0.3) is 0 Å². The number of nitrogens with one attached hydrogen (secondary N) is 1. The molecule has 0 unspecified atom stereocenters. The number of hydrogen-bond donors (Lipinski definition) is 2. The number of phenolic OH excluding ortho intramolecular Hbond substituents is 1. The Morgan fingerprint density at radius 1 is 1.19 bits per heavy atom. The molecular weight excluding hydrogens is 322 g/mol. The molecule has 144 valence electrons. The highest BCUT2D eigenvalue weighted by atomic mass is 16.5. The van der Waals surface area contributed by atoms with Crippen LogP contribution in [0.1, 0.15) is 84.3 Å². The number of ether oxygens (including phenoxy) is 1. The predicted molar refractivity (Wildman–Crippen MR) is 109 cm³/mol. The molecule has 2 N–H and O–H groups in total. The lowest BCUT2D eigenvalue weighted by Gasteiger charge is -2.40. The van der Waals surface area contributed by atoms with Gasteiger partial charge < -0.3 is 15.2 Å². The van der Waals surface area contributed by atoms with Crippen molar-refractivity contribution in [3.63, 3.8) is 0 Å². The molecule has 2 aliphatic rings. The van der Waals surface area contributed by atoms with E-state index in [9.17, 15) is 5.11 Å². The topological polar surface area (TPSA) is 41.5 Å². The first kappa shape index (κ1) is 19.3. The van der Waals surface area contributed by atoms with Crippen LogP contribution in [-0.2, 0) is 5.41 Å². The van der Waals surface area contributed by atoms with Crippen LogP contribution >= 0.6 is 0 Å². The number of benzene rings is 1. The van der Waals surface area contributed by atoms with Crippen molar-refractivity contribution in [2.24, 2.45) is 0 Å². The van der Waals surface area contributed by atoms with Gasteiger partial charge in [-0.1, -0.05) is 46.5 Å². The Morgan fingerprint density at radius 3 is 2.69 bits per heavy atom. The Balaban J connectivity index is 1.94. The quantitative estimate of drug-likeness (QED) is 0.655. The standard InChI is InChI=1S/C23H35NO2/c1-6-7-8-9-11-22(2,3)16-13-19(25)21-17-15-24-12-10-18(17)23(4,5)26-20(21)14-16/h13-14,24-25H,6-12,15H2,1-5H3. The largest absolute Gasteiger partial charge is 0.507 e. The first-order valence-corrected chi connectivity index (χ1v) is 10.3. The number of fused-ring (bicyclic) bond motifs is 2. The Bertz CT molecular complexity index is 700. The van der Waals surface area contributed by atoms with E-state index in [1.165, 1.54) is 42.4 Å². The van der Waals surface area contributed by atoms with Gasteiger partial charge in [0.05, 0.1) is 5.56 Å². The Labute approximate surface area is 158 Å². The van der Waals surface area contributed by atoms with Crippen LogP contribution < -0.4 is 10.1 Å². The lowest BCUT2D eigenvalue weighted by Crippen LogP contribution is -2.40. The van der Waals surface area contributed by atoms with Crippen LogP contribution in [0, 0.1) is 0 Å². The molecule has 0 saturated carbocycles. The third-order valence-electron chi connectivity index (χ3n) is 6.13. The number of unbranched alkanes of at least 4 members (excludes halogenated alkanes) is 3. The van der Waals surface area contributed by atoms with Crippen LogP contribution in [-0.4, -0.2) is 23.8 Å². The molecule has 3 nitrogen and oxygen atoms in total. The summed E-state index contributed by atoms with van der Waals surface area (Å²) in [5, 5.41) is 14.3. The molecule has 0 fully saturated rings. The summed E-state index contributed by atoms with van der Waals surface area (Å²) < 4.78 is 6.40. The zero-order chi connectivity index (χ0) is 18.9. The summed E-state index contributed by atoms with van der Waals surface area (Å²) >= 11 is 0. The van der Waals surface area contributed by atoms with Gasteiger partial charge in [-0.2, -0.15) is 0 Å². The van der Waals surface area contributed by atoms with Crippen molar-refractivity contribution in [3.05, 3.63) is 28.8 Å². The molecular formula is C23H35NO2. The maximum Gasteiger partial charge on any atom is 0.132 e. The molecule has 2 aliphatic heterocycles. The van der Waals surface area contributed by atoms with E-state index in [2.05, 4.69) is 46.0 Å². The average molecular weight is 358 g/mol. The van der Waals surface area contributed by atoms with Gasteiger partial charge in [-0.05, 0) is 67.5 Å². The lowest BCUT2D eigenvalue weighted by atomic mass is 9.77. The van der Waals surface area contributed by atoms with Gasteiger partial charge >= 0.3 is 0 Å². The van der Waals surface area contributed by atoms with Gasteiger partial charge in [-0.25, -0.2) is 0 Å². The van der Waals surface area contributed by atoms with Gasteiger partial charge in [0, 0.05) is 6.54 Å². The summed E-state index contributed by atoms with van der Waals surface area (Å²) in [6.07, 6.45) is 7.17. The molecule has 0 saturated heterocycles. The Kier molecular flexibility index (Phi) is 5.39. The zero-order valence-electron chi connectivity index (χ0n) is 17.2. The van der Waals surface area contributed by atoms with Gasteiger partial charge in [0.2, 0.25) is 0 Å². The second-order valence-electron chi connectivity index (χ2n) is 9.06. The molecule has 1 aromatic carbocycles. The molecule has 3 heteroatoms. The van der Waals surface area contributed by atoms with Crippen LogP contribution in [0.15, 0.2) is 17.7 Å². The fourth-order valence-corrected chi connectivity index (χ4v) is 4.44. The van der Waals surface area contributed by atoms with Crippen molar-refractivity contribution < 1.29 is 9.84 Å². The maximum atomic E-state index is 10.9. The van der Waals surface area contributed by atoms with Gasteiger partial charge in [0.1, 0.15) is 17.1 Å². The van der Waals surface area contributed by atoms with E-state index < -0.39 is 0 Å². The Hall–Kier alpha value is -1.48. The third kappa shape index (κ3) is 3.64. The van der Waals surface area contributed by atoms with E-state index in [0.29, 0.717) is 5.75 Å². The first-order chi connectivity index (χ1) is 12.3. The number of rotatable bonds is 6. The predicted octanol–water partition coefficient (Wildman–Crippen LogP) is 5.56. The molecule has 0 bridgehead atoms. The van der Waals surface area contributed by atoms with Crippen LogP contribution in [0.5, 0.6) is 11.5 Å². The van der Waals surface area contributed by atoms with E-state index >= 15 is 0 Å². The third-order valence-corrected chi connectivity index (χ3v) is 6.13. The highest BCUT2D eigenvalue weighted by molar-refractivity contribution is 5.82. The van der Waals surface area contributed by atoms with Crippen molar-refractivity contribution in [1.82, 2.24) is 5.32 Å². The molecule has 3 rings (SSSR count). The number of aromatic hydroxyl groups is 1. The summed E-state index contributed by atoms with van der Waals surface area (Å²) in [4.78, 5) is 0.